The molecule has 0 radical (unpaired) electrons. The number of nitrogens with zero attached hydrogens (tertiary/aromatic N) is 2. The SMILES string of the molecule is CCC(CN)c1nc(Cc2ccc(OC)cc2)no1. The average molecular weight is 261 g/mol. The normalized spacial score (nSPS) is 12.4. The summed E-state index contributed by atoms with van der Waals surface area (Å²) in [6.45, 7) is 2.59. The molecule has 0 fully saturated rings. The van der Waals surface area contributed by atoms with Crippen LogP contribution >= 0.6 is 0 Å². The molecule has 0 bridgehead atoms. The fourth-order valence-electron chi connectivity index (χ4n) is 1.87. The standard InChI is InChI=1S/C14H19N3O2/c1-3-11(9-15)14-16-13(17-19-14)8-10-4-6-12(18-2)7-5-10/h4-7,11H,3,8-9,15H2,1-2H3. The molecule has 0 aliphatic heterocycles. The van der Waals surface area contributed by atoms with Crippen molar-refractivity contribution >= 4 is 0 Å². The molecular weight excluding hydrogens is 242 g/mol. The van der Waals surface area contributed by atoms with E-state index in [-0.39, 0.29) is 5.92 Å². The molecule has 0 aliphatic rings. The van der Waals surface area contributed by atoms with E-state index < -0.39 is 0 Å². The molecular formula is C14H19N3O2. The van der Waals surface area contributed by atoms with Gasteiger partial charge in [-0.1, -0.05) is 24.2 Å². The molecule has 0 spiro atoms. The number of rotatable bonds is 6. The Hall–Kier alpha value is -1.88. The molecule has 102 valence electrons. The first-order chi connectivity index (χ1) is 9.26. The zero-order chi connectivity index (χ0) is 13.7. The van der Waals surface area contributed by atoms with Crippen molar-refractivity contribution in [3.63, 3.8) is 0 Å². The Balaban J connectivity index is 2.06. The predicted octanol–water partition coefficient (Wildman–Crippen LogP) is 2.12. The van der Waals surface area contributed by atoms with Crippen LogP contribution in [0, 0.1) is 0 Å². The molecule has 1 heterocycles. The molecule has 5 nitrogen and oxygen atoms in total. The van der Waals surface area contributed by atoms with E-state index in [1.54, 1.807) is 7.11 Å². The van der Waals surface area contributed by atoms with Gasteiger partial charge in [-0.25, -0.2) is 0 Å². The van der Waals surface area contributed by atoms with Crippen LogP contribution in [0.3, 0.4) is 0 Å². The molecule has 1 aromatic heterocycles. The van der Waals surface area contributed by atoms with E-state index in [9.17, 15) is 0 Å². The number of nitrogens with two attached hydrogens (primary N) is 1. The lowest BCUT2D eigenvalue weighted by atomic mass is 10.1. The number of hydrogen-bond donors (Lipinski definition) is 1. The van der Waals surface area contributed by atoms with E-state index in [4.69, 9.17) is 15.0 Å². The Labute approximate surface area is 112 Å². The van der Waals surface area contributed by atoms with Crippen molar-refractivity contribution in [1.82, 2.24) is 10.1 Å². The van der Waals surface area contributed by atoms with Crippen LogP contribution in [0.15, 0.2) is 28.8 Å². The maximum atomic E-state index is 5.67. The van der Waals surface area contributed by atoms with Crippen molar-refractivity contribution < 1.29 is 9.26 Å². The number of ether oxygens (including phenoxy) is 1. The van der Waals surface area contributed by atoms with Gasteiger partial charge in [-0.05, 0) is 24.1 Å². The van der Waals surface area contributed by atoms with Crippen LogP contribution in [-0.4, -0.2) is 23.8 Å². The van der Waals surface area contributed by atoms with Gasteiger partial charge in [-0.2, -0.15) is 4.98 Å². The molecule has 1 aromatic carbocycles. The molecule has 0 aliphatic carbocycles. The van der Waals surface area contributed by atoms with E-state index in [0.29, 0.717) is 24.7 Å². The largest absolute Gasteiger partial charge is 0.497 e. The average Bonchev–Trinajstić information content (AvgIpc) is 2.89. The van der Waals surface area contributed by atoms with Crippen LogP contribution in [-0.2, 0) is 6.42 Å². The van der Waals surface area contributed by atoms with Crippen molar-refractivity contribution in [2.45, 2.75) is 25.7 Å². The summed E-state index contributed by atoms with van der Waals surface area (Å²) in [6, 6.07) is 7.83. The number of hydrogen-bond acceptors (Lipinski definition) is 5. The lowest BCUT2D eigenvalue weighted by Gasteiger charge is -2.04. The minimum absolute atomic E-state index is 0.150. The van der Waals surface area contributed by atoms with Crippen LogP contribution in [0.4, 0.5) is 0 Å². The van der Waals surface area contributed by atoms with Gasteiger partial charge in [0.25, 0.3) is 0 Å². The third-order valence-corrected chi connectivity index (χ3v) is 3.13. The molecule has 0 amide bonds. The van der Waals surface area contributed by atoms with E-state index in [0.717, 1.165) is 17.7 Å². The van der Waals surface area contributed by atoms with Gasteiger partial charge in [-0.3, -0.25) is 0 Å². The van der Waals surface area contributed by atoms with Crippen LogP contribution in [0.5, 0.6) is 5.75 Å². The van der Waals surface area contributed by atoms with Crippen molar-refractivity contribution in [3.05, 3.63) is 41.5 Å². The molecule has 19 heavy (non-hydrogen) atoms. The highest BCUT2D eigenvalue weighted by atomic mass is 16.5. The topological polar surface area (TPSA) is 74.2 Å². The first-order valence-corrected chi connectivity index (χ1v) is 6.42. The first kappa shape index (κ1) is 13.5. The van der Waals surface area contributed by atoms with Gasteiger partial charge in [0, 0.05) is 13.0 Å². The molecule has 2 N–H and O–H groups in total. The summed E-state index contributed by atoms with van der Waals surface area (Å²) >= 11 is 0. The molecule has 0 saturated heterocycles. The van der Waals surface area contributed by atoms with Gasteiger partial charge < -0.3 is 15.0 Å². The maximum absolute atomic E-state index is 5.67. The van der Waals surface area contributed by atoms with Gasteiger partial charge in [0.2, 0.25) is 5.89 Å². The van der Waals surface area contributed by atoms with Crippen molar-refractivity contribution in [2.24, 2.45) is 5.73 Å². The third kappa shape index (κ3) is 3.32. The summed E-state index contributed by atoms with van der Waals surface area (Å²) in [6.07, 6.45) is 1.55. The second kappa shape index (κ2) is 6.33. The van der Waals surface area contributed by atoms with Gasteiger partial charge in [0.05, 0.1) is 13.0 Å². The van der Waals surface area contributed by atoms with E-state index in [1.165, 1.54) is 0 Å². The monoisotopic (exact) mass is 261 g/mol. The van der Waals surface area contributed by atoms with Gasteiger partial charge >= 0.3 is 0 Å². The maximum Gasteiger partial charge on any atom is 0.231 e. The summed E-state index contributed by atoms with van der Waals surface area (Å²) < 4.78 is 10.4. The van der Waals surface area contributed by atoms with E-state index >= 15 is 0 Å². The number of aromatic nitrogens is 2. The van der Waals surface area contributed by atoms with Crippen molar-refractivity contribution in [3.8, 4) is 5.75 Å². The summed E-state index contributed by atoms with van der Waals surface area (Å²) in [5, 5.41) is 4.00. The molecule has 2 aromatic rings. The van der Waals surface area contributed by atoms with Crippen LogP contribution in [0.1, 0.15) is 36.5 Å². The van der Waals surface area contributed by atoms with Crippen LogP contribution in [0.2, 0.25) is 0 Å². The lowest BCUT2D eigenvalue weighted by molar-refractivity contribution is 0.348. The van der Waals surface area contributed by atoms with E-state index in [1.807, 2.05) is 24.3 Å². The molecule has 2 rings (SSSR count). The molecule has 0 saturated carbocycles. The fraction of sp³-hybridized carbons (Fsp3) is 0.429. The Kier molecular flexibility index (Phi) is 4.52. The van der Waals surface area contributed by atoms with Crippen molar-refractivity contribution in [2.75, 3.05) is 13.7 Å². The summed E-state index contributed by atoms with van der Waals surface area (Å²) in [4.78, 5) is 4.40. The Bertz CT molecular complexity index is 504. The Morgan fingerprint density at radius 2 is 2.05 bits per heavy atom. The molecule has 1 unspecified atom stereocenters. The number of benzene rings is 1. The Morgan fingerprint density at radius 1 is 1.32 bits per heavy atom. The second-order valence-corrected chi connectivity index (χ2v) is 4.41. The van der Waals surface area contributed by atoms with Crippen LogP contribution < -0.4 is 10.5 Å². The summed E-state index contributed by atoms with van der Waals surface area (Å²) in [5.74, 6) is 2.31. The van der Waals surface area contributed by atoms with Crippen LogP contribution in [0.25, 0.3) is 0 Å². The first-order valence-electron chi connectivity index (χ1n) is 6.42. The minimum Gasteiger partial charge on any atom is -0.497 e. The highest BCUT2D eigenvalue weighted by molar-refractivity contribution is 5.28. The lowest BCUT2D eigenvalue weighted by Crippen LogP contribution is -2.11. The zero-order valence-corrected chi connectivity index (χ0v) is 11.3. The van der Waals surface area contributed by atoms with Crippen molar-refractivity contribution in [1.29, 1.82) is 0 Å². The summed E-state index contributed by atoms with van der Waals surface area (Å²) in [5.41, 5.74) is 6.79. The minimum atomic E-state index is 0.150. The predicted molar refractivity (Wildman–Crippen MR) is 72.2 cm³/mol. The second-order valence-electron chi connectivity index (χ2n) is 4.41. The zero-order valence-electron chi connectivity index (χ0n) is 11.3. The highest BCUT2D eigenvalue weighted by Gasteiger charge is 2.15. The quantitative estimate of drug-likeness (QED) is 0.862. The Morgan fingerprint density at radius 3 is 2.63 bits per heavy atom. The van der Waals surface area contributed by atoms with Gasteiger partial charge in [0.15, 0.2) is 5.82 Å². The van der Waals surface area contributed by atoms with Gasteiger partial charge in [0.1, 0.15) is 5.75 Å². The number of methoxy groups -OCH3 is 1. The fourth-order valence-corrected chi connectivity index (χ4v) is 1.87. The summed E-state index contributed by atoms with van der Waals surface area (Å²) in [7, 11) is 1.65. The van der Waals surface area contributed by atoms with E-state index in [2.05, 4.69) is 17.1 Å². The van der Waals surface area contributed by atoms with Gasteiger partial charge in [-0.15, -0.1) is 0 Å². The molecule has 5 heteroatoms. The third-order valence-electron chi connectivity index (χ3n) is 3.13. The smallest absolute Gasteiger partial charge is 0.231 e. The highest BCUT2D eigenvalue weighted by Crippen LogP contribution is 2.18. The molecule has 1 atom stereocenters.